The molecule has 0 spiro atoms. The highest BCUT2D eigenvalue weighted by Gasteiger charge is 2.17. The van der Waals surface area contributed by atoms with Gasteiger partial charge in [0.1, 0.15) is 5.82 Å². The number of rotatable bonds is 4. The van der Waals surface area contributed by atoms with Gasteiger partial charge in [-0.2, -0.15) is 5.10 Å². The second kappa shape index (κ2) is 5.52. The summed E-state index contributed by atoms with van der Waals surface area (Å²) in [6.07, 6.45) is 0.781. The molecule has 2 N–H and O–H groups in total. The molecule has 0 atom stereocenters. The smallest absolute Gasteiger partial charge is 0.273 e. The second-order valence-corrected chi connectivity index (χ2v) is 4.92. The summed E-state index contributed by atoms with van der Waals surface area (Å²) >= 11 is 3.37. The third-order valence-corrected chi connectivity index (χ3v) is 3.79. The Kier molecular flexibility index (Phi) is 3.98. The van der Waals surface area contributed by atoms with Crippen LogP contribution in [0.3, 0.4) is 0 Å². The summed E-state index contributed by atoms with van der Waals surface area (Å²) in [5, 5.41) is 17.5. The highest BCUT2D eigenvalue weighted by molar-refractivity contribution is 9.10. The van der Waals surface area contributed by atoms with Gasteiger partial charge in [0.2, 0.25) is 0 Å². The largest absolute Gasteiger partial charge is 0.343 e. The molecule has 8 heteroatoms. The molecule has 0 bridgehead atoms. The van der Waals surface area contributed by atoms with Crippen LogP contribution in [0.25, 0.3) is 0 Å². The fraction of sp³-hybridized carbons (Fsp3) is 0.455. The summed E-state index contributed by atoms with van der Waals surface area (Å²) < 4.78 is 2.54. The van der Waals surface area contributed by atoms with Crippen LogP contribution in [0.4, 0.5) is 0 Å². The Bertz CT molecular complexity index is 602. The summed E-state index contributed by atoms with van der Waals surface area (Å²) in [7, 11) is 1.86. The number of halogens is 1. The number of carbonyl (C=O) groups is 1. The third kappa shape index (κ3) is 2.67. The molecule has 2 rings (SSSR count). The fourth-order valence-corrected chi connectivity index (χ4v) is 2.23. The number of aromatic amines is 1. The van der Waals surface area contributed by atoms with Gasteiger partial charge in [-0.25, -0.2) is 0 Å². The fourth-order valence-electron chi connectivity index (χ4n) is 1.60. The van der Waals surface area contributed by atoms with Crippen molar-refractivity contribution in [2.24, 2.45) is 7.05 Å². The van der Waals surface area contributed by atoms with Crippen molar-refractivity contribution >= 4 is 21.8 Å². The average Bonchev–Trinajstić information content (AvgIpc) is 2.92. The molecular weight excluding hydrogens is 312 g/mol. The Labute approximate surface area is 118 Å². The van der Waals surface area contributed by atoms with Crippen molar-refractivity contribution in [1.29, 1.82) is 0 Å². The Hall–Kier alpha value is -1.70. The Morgan fingerprint density at radius 2 is 2.21 bits per heavy atom. The average molecular weight is 327 g/mol. The summed E-state index contributed by atoms with van der Waals surface area (Å²) in [5.41, 5.74) is 1.26. The summed E-state index contributed by atoms with van der Waals surface area (Å²) in [4.78, 5) is 12.0. The molecule has 1 amide bonds. The van der Waals surface area contributed by atoms with E-state index in [2.05, 4.69) is 41.6 Å². The Morgan fingerprint density at radius 3 is 2.74 bits per heavy atom. The van der Waals surface area contributed by atoms with E-state index in [1.54, 1.807) is 0 Å². The number of carbonyl (C=O) groups excluding carboxylic acids is 1. The van der Waals surface area contributed by atoms with Gasteiger partial charge in [0, 0.05) is 12.7 Å². The summed E-state index contributed by atoms with van der Waals surface area (Å²) in [6, 6.07) is 0. The van der Waals surface area contributed by atoms with E-state index in [1.807, 2.05) is 25.5 Å². The zero-order valence-corrected chi connectivity index (χ0v) is 12.6. The molecule has 0 radical (unpaired) electrons. The molecule has 19 heavy (non-hydrogen) atoms. The molecule has 0 unspecified atom stereocenters. The zero-order chi connectivity index (χ0) is 14.0. The minimum Gasteiger partial charge on any atom is -0.343 e. The van der Waals surface area contributed by atoms with E-state index in [4.69, 9.17) is 0 Å². The predicted molar refractivity (Wildman–Crippen MR) is 72.6 cm³/mol. The van der Waals surface area contributed by atoms with E-state index in [0.29, 0.717) is 22.5 Å². The molecule has 0 aliphatic rings. The lowest BCUT2D eigenvalue weighted by Gasteiger charge is -2.03. The normalized spacial score (nSPS) is 10.7. The van der Waals surface area contributed by atoms with Gasteiger partial charge in [-0.3, -0.25) is 9.89 Å². The molecule has 102 valence electrons. The Balaban J connectivity index is 2.05. The van der Waals surface area contributed by atoms with Gasteiger partial charge >= 0.3 is 0 Å². The predicted octanol–water partition coefficient (Wildman–Crippen LogP) is 1.10. The van der Waals surface area contributed by atoms with Crippen LogP contribution in [-0.4, -0.2) is 30.9 Å². The number of nitrogens with zero attached hydrogens (tertiary/aromatic N) is 4. The molecule has 0 saturated carbocycles. The molecular formula is C11H15BrN6O. The summed E-state index contributed by atoms with van der Waals surface area (Å²) in [5.74, 6) is 1.26. The van der Waals surface area contributed by atoms with Gasteiger partial charge in [0.05, 0.1) is 11.0 Å². The SMILES string of the molecule is CCc1[nH]nc(C(=O)NCc2nnc(C)n2C)c1Br. The molecule has 0 fully saturated rings. The van der Waals surface area contributed by atoms with Crippen LogP contribution in [0.1, 0.15) is 34.8 Å². The number of hydrogen-bond donors (Lipinski definition) is 2. The molecule has 0 aliphatic heterocycles. The zero-order valence-electron chi connectivity index (χ0n) is 11.0. The first kappa shape index (κ1) is 13.7. The van der Waals surface area contributed by atoms with Crippen molar-refractivity contribution in [3.8, 4) is 0 Å². The van der Waals surface area contributed by atoms with Crippen molar-refractivity contribution in [3.05, 3.63) is 27.5 Å². The number of nitrogens with one attached hydrogen (secondary N) is 2. The van der Waals surface area contributed by atoms with Crippen molar-refractivity contribution in [2.45, 2.75) is 26.8 Å². The van der Waals surface area contributed by atoms with Gasteiger partial charge in [-0.15, -0.1) is 10.2 Å². The maximum Gasteiger partial charge on any atom is 0.273 e. The van der Waals surface area contributed by atoms with Crippen molar-refractivity contribution in [3.63, 3.8) is 0 Å². The van der Waals surface area contributed by atoms with Crippen LogP contribution in [0.5, 0.6) is 0 Å². The monoisotopic (exact) mass is 326 g/mol. The summed E-state index contributed by atoms with van der Waals surface area (Å²) in [6.45, 7) is 4.16. The van der Waals surface area contributed by atoms with Crippen molar-refractivity contribution in [1.82, 2.24) is 30.3 Å². The first-order valence-electron chi connectivity index (χ1n) is 5.90. The number of aromatic nitrogens is 5. The number of hydrogen-bond acceptors (Lipinski definition) is 4. The van der Waals surface area contributed by atoms with Gasteiger partial charge in [-0.05, 0) is 29.3 Å². The first-order valence-corrected chi connectivity index (χ1v) is 6.69. The minimum atomic E-state index is -0.247. The molecule has 2 aromatic rings. The minimum absolute atomic E-state index is 0.247. The Morgan fingerprint density at radius 1 is 1.47 bits per heavy atom. The second-order valence-electron chi connectivity index (χ2n) is 4.12. The van der Waals surface area contributed by atoms with Gasteiger partial charge < -0.3 is 9.88 Å². The van der Waals surface area contributed by atoms with Crippen LogP contribution in [0.15, 0.2) is 4.47 Å². The first-order chi connectivity index (χ1) is 9.04. The lowest BCUT2D eigenvalue weighted by molar-refractivity contribution is 0.0943. The highest BCUT2D eigenvalue weighted by Crippen LogP contribution is 2.19. The van der Waals surface area contributed by atoms with E-state index in [-0.39, 0.29) is 5.91 Å². The standard InChI is InChI=1S/C11H15BrN6O/c1-4-7-9(12)10(17-15-7)11(19)13-5-8-16-14-6(2)18(8)3/h4-5H2,1-3H3,(H,13,19)(H,15,17). The molecule has 0 aromatic carbocycles. The topological polar surface area (TPSA) is 88.5 Å². The lowest BCUT2D eigenvalue weighted by Crippen LogP contribution is -2.25. The molecule has 2 heterocycles. The van der Waals surface area contributed by atoms with Gasteiger partial charge in [-0.1, -0.05) is 6.92 Å². The van der Waals surface area contributed by atoms with Crippen molar-refractivity contribution < 1.29 is 4.79 Å². The van der Waals surface area contributed by atoms with E-state index in [9.17, 15) is 4.79 Å². The lowest BCUT2D eigenvalue weighted by atomic mass is 10.3. The van der Waals surface area contributed by atoms with Crippen LogP contribution in [0.2, 0.25) is 0 Å². The van der Waals surface area contributed by atoms with Crippen LogP contribution in [0, 0.1) is 6.92 Å². The highest BCUT2D eigenvalue weighted by atomic mass is 79.9. The van der Waals surface area contributed by atoms with Crippen molar-refractivity contribution in [2.75, 3.05) is 0 Å². The van der Waals surface area contributed by atoms with Crippen LogP contribution >= 0.6 is 15.9 Å². The number of aryl methyl sites for hydroxylation is 2. The molecule has 0 aliphatic carbocycles. The maximum atomic E-state index is 12.0. The van der Waals surface area contributed by atoms with Gasteiger partial charge in [0.25, 0.3) is 5.91 Å². The maximum absolute atomic E-state index is 12.0. The molecule has 2 aromatic heterocycles. The number of amides is 1. The molecule has 7 nitrogen and oxygen atoms in total. The van der Waals surface area contributed by atoms with Gasteiger partial charge in [0.15, 0.2) is 11.5 Å². The van der Waals surface area contributed by atoms with Crippen LogP contribution < -0.4 is 5.32 Å². The third-order valence-electron chi connectivity index (χ3n) is 2.93. The van der Waals surface area contributed by atoms with Crippen LogP contribution in [-0.2, 0) is 20.0 Å². The number of H-pyrrole nitrogens is 1. The van der Waals surface area contributed by atoms with E-state index in [0.717, 1.165) is 17.9 Å². The molecule has 0 saturated heterocycles. The van der Waals surface area contributed by atoms with E-state index < -0.39 is 0 Å². The van der Waals surface area contributed by atoms with E-state index >= 15 is 0 Å². The quantitative estimate of drug-likeness (QED) is 0.880. The van der Waals surface area contributed by atoms with E-state index in [1.165, 1.54) is 0 Å².